The van der Waals surface area contributed by atoms with Crippen molar-refractivity contribution >= 4 is 0 Å². The summed E-state index contributed by atoms with van der Waals surface area (Å²) >= 11 is 0. The zero-order valence-electron chi connectivity index (χ0n) is 15.9. The van der Waals surface area contributed by atoms with Gasteiger partial charge in [-0.1, -0.05) is 19.1 Å². The number of fused-ring (bicyclic) bond motifs is 1. The summed E-state index contributed by atoms with van der Waals surface area (Å²) in [5.41, 5.74) is 2.23. The molecule has 2 aromatic heterocycles. The standard InChI is InChI=1S/C22H20F3N3O/c1-13-16(12-26)9-15(10-17(13)22(23,24)25)14-5-4-7-18-20(11-14)29-21(28-18)19-6-2-3-8-27-19/h2-3,6,8-10,13-14,17H,4-5,7,11H2,1H3. The van der Waals surface area contributed by atoms with Crippen molar-refractivity contribution in [3.8, 4) is 17.7 Å². The number of oxazole rings is 1. The van der Waals surface area contributed by atoms with E-state index in [1.807, 2.05) is 18.2 Å². The molecule has 0 bridgehead atoms. The van der Waals surface area contributed by atoms with Crippen LogP contribution in [0.5, 0.6) is 0 Å². The minimum Gasteiger partial charge on any atom is -0.440 e. The van der Waals surface area contributed by atoms with Gasteiger partial charge in [0, 0.05) is 24.1 Å². The Morgan fingerprint density at radius 1 is 1.28 bits per heavy atom. The second-order valence-electron chi connectivity index (χ2n) is 7.63. The molecular weight excluding hydrogens is 379 g/mol. The molecule has 3 atom stereocenters. The van der Waals surface area contributed by atoms with Crippen molar-refractivity contribution < 1.29 is 17.6 Å². The molecule has 3 unspecified atom stereocenters. The van der Waals surface area contributed by atoms with Crippen LogP contribution in [-0.4, -0.2) is 16.1 Å². The summed E-state index contributed by atoms with van der Waals surface area (Å²) < 4.78 is 46.6. The quantitative estimate of drug-likeness (QED) is 0.631. The van der Waals surface area contributed by atoms with Gasteiger partial charge in [-0.05, 0) is 49.0 Å². The minimum absolute atomic E-state index is 0.138. The molecule has 0 aromatic carbocycles. The SMILES string of the molecule is CC1C(C#N)=CC(C2CCCc3nc(-c4ccccn4)oc3C2)=CC1C(F)(F)F. The third kappa shape index (κ3) is 3.84. The topological polar surface area (TPSA) is 62.7 Å². The Balaban J connectivity index is 1.66. The largest absolute Gasteiger partial charge is 0.440 e. The fraction of sp³-hybridized carbons (Fsp3) is 0.409. The molecular formula is C22H20F3N3O. The van der Waals surface area contributed by atoms with Gasteiger partial charge in [0.25, 0.3) is 0 Å². The first-order chi connectivity index (χ1) is 13.9. The maximum absolute atomic E-state index is 13.5. The van der Waals surface area contributed by atoms with Gasteiger partial charge in [-0.25, -0.2) is 4.98 Å². The molecule has 4 nitrogen and oxygen atoms in total. The van der Waals surface area contributed by atoms with E-state index in [0.29, 0.717) is 35.8 Å². The predicted octanol–water partition coefficient (Wildman–Crippen LogP) is 5.44. The molecule has 0 aliphatic heterocycles. The van der Waals surface area contributed by atoms with Crippen LogP contribution in [0, 0.1) is 29.1 Å². The molecule has 29 heavy (non-hydrogen) atoms. The lowest BCUT2D eigenvalue weighted by atomic mass is 9.77. The molecule has 150 valence electrons. The lowest BCUT2D eigenvalue weighted by molar-refractivity contribution is -0.169. The predicted molar refractivity (Wildman–Crippen MR) is 100 cm³/mol. The van der Waals surface area contributed by atoms with Crippen LogP contribution in [0.25, 0.3) is 11.6 Å². The van der Waals surface area contributed by atoms with Gasteiger partial charge in [0.15, 0.2) is 0 Å². The van der Waals surface area contributed by atoms with Crippen LogP contribution in [0.15, 0.2) is 52.1 Å². The molecule has 2 aliphatic rings. The van der Waals surface area contributed by atoms with Gasteiger partial charge in [-0.2, -0.15) is 18.4 Å². The number of nitriles is 1. The Morgan fingerprint density at radius 3 is 2.79 bits per heavy atom. The van der Waals surface area contributed by atoms with Gasteiger partial charge in [-0.3, -0.25) is 4.98 Å². The van der Waals surface area contributed by atoms with E-state index in [0.717, 1.165) is 18.5 Å². The van der Waals surface area contributed by atoms with Crippen molar-refractivity contribution in [1.82, 2.24) is 9.97 Å². The van der Waals surface area contributed by atoms with Gasteiger partial charge in [0.1, 0.15) is 11.5 Å². The van der Waals surface area contributed by atoms with Crippen LogP contribution in [0.3, 0.4) is 0 Å². The highest BCUT2D eigenvalue weighted by Gasteiger charge is 2.45. The summed E-state index contributed by atoms with van der Waals surface area (Å²) in [6.07, 6.45) is 2.92. The third-order valence-corrected chi connectivity index (χ3v) is 5.76. The summed E-state index contributed by atoms with van der Waals surface area (Å²) in [5, 5.41) is 9.36. The maximum atomic E-state index is 13.5. The first kappa shape index (κ1) is 19.4. The number of nitrogens with zero attached hydrogens (tertiary/aromatic N) is 3. The molecule has 0 saturated carbocycles. The van der Waals surface area contributed by atoms with Gasteiger partial charge in [0.2, 0.25) is 5.89 Å². The smallest absolute Gasteiger partial charge is 0.395 e. The van der Waals surface area contributed by atoms with Gasteiger partial charge < -0.3 is 4.42 Å². The summed E-state index contributed by atoms with van der Waals surface area (Å²) in [7, 11) is 0. The van der Waals surface area contributed by atoms with Crippen LogP contribution < -0.4 is 0 Å². The zero-order chi connectivity index (χ0) is 20.6. The van der Waals surface area contributed by atoms with Crippen molar-refractivity contribution in [3.63, 3.8) is 0 Å². The Kier molecular flexibility index (Phi) is 5.03. The van der Waals surface area contributed by atoms with Crippen molar-refractivity contribution in [3.05, 3.63) is 59.1 Å². The van der Waals surface area contributed by atoms with E-state index in [2.05, 4.69) is 9.97 Å². The molecule has 2 heterocycles. The lowest BCUT2D eigenvalue weighted by Crippen LogP contribution is -2.31. The van der Waals surface area contributed by atoms with Crippen LogP contribution in [0.1, 0.15) is 31.2 Å². The minimum atomic E-state index is -4.38. The fourth-order valence-corrected chi connectivity index (χ4v) is 4.13. The third-order valence-electron chi connectivity index (χ3n) is 5.76. The first-order valence-corrected chi connectivity index (χ1v) is 9.67. The molecule has 0 radical (unpaired) electrons. The van der Waals surface area contributed by atoms with Crippen molar-refractivity contribution in [2.24, 2.45) is 17.8 Å². The van der Waals surface area contributed by atoms with E-state index < -0.39 is 18.0 Å². The van der Waals surface area contributed by atoms with E-state index in [4.69, 9.17) is 4.42 Å². The van der Waals surface area contributed by atoms with Crippen LogP contribution in [-0.2, 0) is 12.8 Å². The first-order valence-electron chi connectivity index (χ1n) is 9.67. The zero-order valence-corrected chi connectivity index (χ0v) is 15.9. The highest BCUT2D eigenvalue weighted by Crippen LogP contribution is 2.43. The van der Waals surface area contributed by atoms with Gasteiger partial charge in [0.05, 0.1) is 17.7 Å². The molecule has 2 aliphatic carbocycles. The van der Waals surface area contributed by atoms with E-state index in [1.165, 1.54) is 13.0 Å². The molecule has 0 amide bonds. The maximum Gasteiger partial charge on any atom is 0.395 e. The second kappa shape index (κ2) is 7.51. The fourth-order valence-electron chi connectivity index (χ4n) is 4.13. The molecule has 0 N–H and O–H groups in total. The highest BCUT2D eigenvalue weighted by atomic mass is 19.4. The summed E-state index contributed by atoms with van der Waals surface area (Å²) in [4.78, 5) is 8.81. The number of aryl methyl sites for hydroxylation is 1. The molecule has 7 heteroatoms. The van der Waals surface area contributed by atoms with E-state index in [9.17, 15) is 18.4 Å². The van der Waals surface area contributed by atoms with Gasteiger partial charge >= 0.3 is 6.18 Å². The summed E-state index contributed by atoms with van der Waals surface area (Å²) in [5.74, 6) is -1.52. The number of hydrogen-bond donors (Lipinski definition) is 0. The van der Waals surface area contributed by atoms with E-state index in [-0.39, 0.29) is 11.5 Å². The normalized spacial score (nSPS) is 24.7. The Bertz CT molecular complexity index is 999. The number of aromatic nitrogens is 2. The van der Waals surface area contributed by atoms with Crippen LogP contribution >= 0.6 is 0 Å². The molecule has 0 spiro atoms. The Hall–Kier alpha value is -2.88. The number of pyridine rings is 1. The molecule has 4 rings (SSSR count). The average molecular weight is 399 g/mol. The molecule has 0 saturated heterocycles. The Morgan fingerprint density at radius 2 is 2.10 bits per heavy atom. The highest BCUT2D eigenvalue weighted by molar-refractivity contribution is 5.47. The van der Waals surface area contributed by atoms with Crippen LogP contribution in [0.4, 0.5) is 13.2 Å². The molecule has 0 fully saturated rings. The lowest BCUT2D eigenvalue weighted by Gasteiger charge is -2.30. The van der Waals surface area contributed by atoms with Crippen molar-refractivity contribution in [2.75, 3.05) is 0 Å². The van der Waals surface area contributed by atoms with Crippen LogP contribution in [0.2, 0.25) is 0 Å². The summed E-state index contributed by atoms with van der Waals surface area (Å²) in [6, 6.07) is 7.42. The van der Waals surface area contributed by atoms with Crippen molar-refractivity contribution in [1.29, 1.82) is 5.26 Å². The number of hydrogen-bond acceptors (Lipinski definition) is 4. The monoisotopic (exact) mass is 399 g/mol. The number of rotatable bonds is 2. The van der Waals surface area contributed by atoms with E-state index in [1.54, 1.807) is 18.3 Å². The second-order valence-corrected chi connectivity index (χ2v) is 7.63. The number of allylic oxidation sites excluding steroid dienone is 4. The van der Waals surface area contributed by atoms with Gasteiger partial charge in [-0.15, -0.1) is 0 Å². The number of alkyl halides is 3. The number of halogens is 3. The summed E-state index contributed by atoms with van der Waals surface area (Å²) in [6.45, 7) is 1.46. The Labute approximate surface area is 166 Å². The average Bonchev–Trinajstić information content (AvgIpc) is 2.99. The molecule has 2 aromatic rings. The van der Waals surface area contributed by atoms with Crippen molar-refractivity contribution in [2.45, 2.75) is 38.8 Å². The van der Waals surface area contributed by atoms with E-state index >= 15 is 0 Å².